The second kappa shape index (κ2) is 5.94. The molecule has 0 radical (unpaired) electrons. The van der Waals surface area contributed by atoms with Gasteiger partial charge in [0.05, 0.1) is 5.92 Å². The standard InChI is InChI=1S/C15H19NO4/c1-10-3-4-11(2)13(7-10)20-9-14(17)16-6-5-12(8-16)15(18)19/h3-4,7,12H,5-6,8-9H2,1-2H3,(H,18,19)/t12-/m1/s1. The number of carboxylic acid groups (broad SMARTS) is 1. The quantitative estimate of drug-likeness (QED) is 0.908. The Labute approximate surface area is 118 Å². The first-order valence-electron chi connectivity index (χ1n) is 6.68. The monoisotopic (exact) mass is 277 g/mol. The maximum atomic E-state index is 12.0. The molecule has 5 heteroatoms. The van der Waals surface area contributed by atoms with Crippen LogP contribution >= 0.6 is 0 Å². The van der Waals surface area contributed by atoms with E-state index in [9.17, 15) is 9.59 Å². The molecule has 1 atom stereocenters. The molecule has 1 aromatic carbocycles. The predicted molar refractivity (Wildman–Crippen MR) is 73.7 cm³/mol. The molecule has 2 rings (SSSR count). The van der Waals surface area contributed by atoms with Crippen molar-refractivity contribution in [2.75, 3.05) is 19.7 Å². The summed E-state index contributed by atoms with van der Waals surface area (Å²) in [4.78, 5) is 24.4. The first kappa shape index (κ1) is 14.4. The minimum Gasteiger partial charge on any atom is -0.483 e. The molecule has 1 saturated heterocycles. The van der Waals surface area contributed by atoms with Gasteiger partial charge in [-0.3, -0.25) is 9.59 Å². The zero-order valence-corrected chi connectivity index (χ0v) is 11.8. The van der Waals surface area contributed by atoms with E-state index in [0.717, 1.165) is 11.1 Å². The van der Waals surface area contributed by atoms with Gasteiger partial charge in [0.2, 0.25) is 0 Å². The molecule has 5 nitrogen and oxygen atoms in total. The molecule has 0 spiro atoms. The average Bonchev–Trinajstić information content (AvgIpc) is 2.89. The Bertz CT molecular complexity index is 527. The van der Waals surface area contributed by atoms with Crippen LogP contribution in [0.15, 0.2) is 18.2 Å². The summed E-state index contributed by atoms with van der Waals surface area (Å²) >= 11 is 0. The molecule has 0 aromatic heterocycles. The number of likely N-dealkylation sites (tertiary alicyclic amines) is 1. The van der Waals surface area contributed by atoms with Crippen molar-refractivity contribution in [3.63, 3.8) is 0 Å². The molecule has 1 aromatic rings. The summed E-state index contributed by atoms with van der Waals surface area (Å²) < 4.78 is 5.55. The van der Waals surface area contributed by atoms with Crippen LogP contribution < -0.4 is 4.74 Å². The van der Waals surface area contributed by atoms with Crippen LogP contribution in [-0.2, 0) is 9.59 Å². The van der Waals surface area contributed by atoms with Crippen molar-refractivity contribution in [1.82, 2.24) is 4.90 Å². The van der Waals surface area contributed by atoms with E-state index in [4.69, 9.17) is 9.84 Å². The molecule has 1 fully saturated rings. The van der Waals surface area contributed by atoms with Crippen molar-refractivity contribution >= 4 is 11.9 Å². The molecule has 1 N–H and O–H groups in total. The Balaban J connectivity index is 1.90. The molecular formula is C15H19NO4. The van der Waals surface area contributed by atoms with E-state index in [0.29, 0.717) is 18.7 Å². The number of benzene rings is 1. The van der Waals surface area contributed by atoms with Crippen LogP contribution in [0.1, 0.15) is 17.5 Å². The highest BCUT2D eigenvalue weighted by Crippen LogP contribution is 2.20. The maximum absolute atomic E-state index is 12.0. The Morgan fingerprint density at radius 3 is 2.80 bits per heavy atom. The first-order chi connectivity index (χ1) is 9.47. The molecule has 0 saturated carbocycles. The van der Waals surface area contributed by atoms with Gasteiger partial charge in [0.1, 0.15) is 5.75 Å². The fourth-order valence-corrected chi connectivity index (χ4v) is 2.28. The van der Waals surface area contributed by atoms with E-state index in [-0.39, 0.29) is 19.1 Å². The number of carbonyl (C=O) groups is 2. The molecule has 108 valence electrons. The summed E-state index contributed by atoms with van der Waals surface area (Å²) in [7, 11) is 0. The highest BCUT2D eigenvalue weighted by atomic mass is 16.5. The predicted octanol–water partition coefficient (Wildman–Crippen LogP) is 1.62. The number of aliphatic carboxylic acids is 1. The third-order valence-corrected chi connectivity index (χ3v) is 3.58. The van der Waals surface area contributed by atoms with Gasteiger partial charge in [0, 0.05) is 13.1 Å². The van der Waals surface area contributed by atoms with Crippen LogP contribution in [0.25, 0.3) is 0 Å². The van der Waals surface area contributed by atoms with E-state index in [1.54, 1.807) is 4.90 Å². The van der Waals surface area contributed by atoms with Crippen molar-refractivity contribution in [3.8, 4) is 5.75 Å². The number of amides is 1. The van der Waals surface area contributed by atoms with E-state index < -0.39 is 11.9 Å². The number of hydrogen-bond acceptors (Lipinski definition) is 3. The highest BCUT2D eigenvalue weighted by Gasteiger charge is 2.30. The number of ether oxygens (including phenoxy) is 1. The van der Waals surface area contributed by atoms with Gasteiger partial charge < -0.3 is 14.7 Å². The molecular weight excluding hydrogens is 258 g/mol. The van der Waals surface area contributed by atoms with Gasteiger partial charge in [-0.1, -0.05) is 12.1 Å². The van der Waals surface area contributed by atoms with Crippen molar-refractivity contribution in [2.45, 2.75) is 20.3 Å². The lowest BCUT2D eigenvalue weighted by Crippen LogP contribution is -2.33. The third-order valence-electron chi connectivity index (χ3n) is 3.58. The normalized spacial score (nSPS) is 18.1. The van der Waals surface area contributed by atoms with Gasteiger partial charge in [-0.15, -0.1) is 0 Å². The lowest BCUT2D eigenvalue weighted by atomic mass is 10.1. The zero-order valence-electron chi connectivity index (χ0n) is 11.8. The summed E-state index contributed by atoms with van der Waals surface area (Å²) in [6, 6.07) is 5.83. The van der Waals surface area contributed by atoms with Crippen LogP contribution in [0.2, 0.25) is 0 Å². The molecule has 0 bridgehead atoms. The van der Waals surface area contributed by atoms with E-state index in [1.165, 1.54) is 0 Å². The fourth-order valence-electron chi connectivity index (χ4n) is 2.28. The van der Waals surface area contributed by atoms with Gasteiger partial charge in [0.25, 0.3) is 5.91 Å². The smallest absolute Gasteiger partial charge is 0.308 e. The molecule has 20 heavy (non-hydrogen) atoms. The van der Waals surface area contributed by atoms with E-state index in [1.807, 2.05) is 32.0 Å². The van der Waals surface area contributed by atoms with Gasteiger partial charge in [-0.05, 0) is 37.5 Å². The van der Waals surface area contributed by atoms with Gasteiger partial charge in [0.15, 0.2) is 6.61 Å². The van der Waals surface area contributed by atoms with Gasteiger partial charge in [-0.2, -0.15) is 0 Å². The Hall–Kier alpha value is -2.04. The van der Waals surface area contributed by atoms with Crippen LogP contribution in [-0.4, -0.2) is 41.6 Å². The number of aryl methyl sites for hydroxylation is 2. The van der Waals surface area contributed by atoms with Crippen LogP contribution in [0.3, 0.4) is 0 Å². The Morgan fingerprint density at radius 2 is 2.15 bits per heavy atom. The summed E-state index contributed by atoms with van der Waals surface area (Å²) in [6.07, 6.45) is 0.518. The lowest BCUT2D eigenvalue weighted by molar-refractivity contribution is -0.141. The number of carbonyl (C=O) groups excluding carboxylic acids is 1. The summed E-state index contributed by atoms with van der Waals surface area (Å²) in [5.41, 5.74) is 2.05. The second-order valence-electron chi connectivity index (χ2n) is 5.22. The van der Waals surface area contributed by atoms with Crippen molar-refractivity contribution in [3.05, 3.63) is 29.3 Å². The third kappa shape index (κ3) is 3.29. The van der Waals surface area contributed by atoms with Crippen molar-refractivity contribution in [1.29, 1.82) is 0 Å². The zero-order chi connectivity index (χ0) is 14.7. The molecule has 1 aliphatic rings. The van der Waals surface area contributed by atoms with Gasteiger partial charge >= 0.3 is 5.97 Å². The summed E-state index contributed by atoms with van der Waals surface area (Å²) in [6.45, 7) is 4.62. The molecule has 1 aliphatic heterocycles. The second-order valence-corrected chi connectivity index (χ2v) is 5.22. The topological polar surface area (TPSA) is 66.8 Å². The van der Waals surface area contributed by atoms with E-state index in [2.05, 4.69) is 0 Å². The number of rotatable bonds is 4. The SMILES string of the molecule is Cc1ccc(C)c(OCC(=O)N2CC[C@@H](C(=O)O)C2)c1. The maximum Gasteiger partial charge on any atom is 0.308 e. The Kier molecular flexibility index (Phi) is 4.27. The molecule has 1 heterocycles. The Morgan fingerprint density at radius 1 is 1.40 bits per heavy atom. The number of carboxylic acids is 1. The van der Waals surface area contributed by atoms with Crippen LogP contribution in [0, 0.1) is 19.8 Å². The lowest BCUT2D eigenvalue weighted by Gasteiger charge is -2.17. The molecule has 0 unspecified atom stereocenters. The summed E-state index contributed by atoms with van der Waals surface area (Å²) in [5, 5.41) is 8.92. The minimum absolute atomic E-state index is 0.0450. The van der Waals surface area contributed by atoms with Crippen LogP contribution in [0.4, 0.5) is 0 Å². The average molecular weight is 277 g/mol. The van der Waals surface area contributed by atoms with Gasteiger partial charge in [-0.25, -0.2) is 0 Å². The molecule has 1 amide bonds. The number of nitrogens with zero attached hydrogens (tertiary/aromatic N) is 1. The van der Waals surface area contributed by atoms with Crippen molar-refractivity contribution in [2.24, 2.45) is 5.92 Å². The fraction of sp³-hybridized carbons (Fsp3) is 0.467. The van der Waals surface area contributed by atoms with E-state index >= 15 is 0 Å². The van der Waals surface area contributed by atoms with Crippen molar-refractivity contribution < 1.29 is 19.4 Å². The molecule has 0 aliphatic carbocycles. The van der Waals surface area contributed by atoms with Crippen LogP contribution in [0.5, 0.6) is 5.75 Å². The number of hydrogen-bond donors (Lipinski definition) is 1. The first-order valence-corrected chi connectivity index (χ1v) is 6.68. The largest absolute Gasteiger partial charge is 0.483 e. The minimum atomic E-state index is -0.837. The highest BCUT2D eigenvalue weighted by molar-refractivity contribution is 5.80. The summed E-state index contributed by atoms with van der Waals surface area (Å²) in [5.74, 6) is -0.739.